The Morgan fingerprint density at radius 1 is 0.500 bits per heavy atom. The molecule has 0 amide bonds. The maximum absolute atomic E-state index is 2.37. The zero-order chi connectivity index (χ0) is 20.6. The molecule has 0 aromatic heterocycles. The normalized spacial score (nSPS) is 12.2. The van der Waals surface area contributed by atoms with Gasteiger partial charge in [-0.05, 0) is 55.3 Å². The van der Waals surface area contributed by atoms with Crippen LogP contribution in [0.5, 0.6) is 0 Å². The first-order chi connectivity index (χ1) is 14.9. The fourth-order valence-corrected chi connectivity index (χ4v) is 10.0. The van der Waals surface area contributed by atoms with Gasteiger partial charge in [0.25, 0.3) is 0 Å². The third-order valence-corrected chi connectivity index (χ3v) is 11.4. The van der Waals surface area contributed by atoms with E-state index in [-0.39, 0.29) is 0 Å². The average Bonchev–Trinajstić information content (AvgIpc) is 2.84. The Kier molecular flexibility index (Phi) is 7.47. The molecule has 0 saturated heterocycles. The minimum Gasteiger partial charge on any atom is -0.0647 e. The molecule has 0 nitrogen and oxygen atoms in total. The van der Waals surface area contributed by atoms with Crippen molar-refractivity contribution in [1.29, 1.82) is 0 Å². The summed E-state index contributed by atoms with van der Waals surface area (Å²) in [5.74, 6) is 0. The van der Waals surface area contributed by atoms with Crippen LogP contribution in [0.15, 0.2) is 121 Å². The van der Waals surface area contributed by atoms with Crippen LogP contribution >= 0.6 is 15.8 Å². The number of benzene rings is 4. The van der Waals surface area contributed by atoms with E-state index in [0.717, 1.165) is 0 Å². The highest BCUT2D eigenvalue weighted by molar-refractivity contribution is 7.77. The van der Waals surface area contributed by atoms with E-state index in [0.29, 0.717) is 5.66 Å². The first-order valence-electron chi connectivity index (χ1n) is 10.6. The van der Waals surface area contributed by atoms with Crippen molar-refractivity contribution in [2.75, 3.05) is 6.16 Å². The van der Waals surface area contributed by atoms with Gasteiger partial charge in [0.1, 0.15) is 0 Å². The van der Waals surface area contributed by atoms with Crippen LogP contribution in [0.3, 0.4) is 0 Å². The molecule has 0 aliphatic rings. The molecule has 30 heavy (non-hydrogen) atoms. The molecule has 4 rings (SSSR count). The van der Waals surface area contributed by atoms with E-state index >= 15 is 0 Å². The fraction of sp³-hybridized carbons (Fsp3) is 0.143. The first kappa shape index (κ1) is 21.0. The van der Waals surface area contributed by atoms with Crippen molar-refractivity contribution in [3.63, 3.8) is 0 Å². The maximum atomic E-state index is 2.37. The molecule has 0 unspecified atom stereocenters. The summed E-state index contributed by atoms with van der Waals surface area (Å²) in [6.45, 7) is 2.37. The highest BCUT2D eigenvalue weighted by Crippen LogP contribution is 2.47. The van der Waals surface area contributed by atoms with Crippen molar-refractivity contribution >= 4 is 37.1 Å². The van der Waals surface area contributed by atoms with E-state index < -0.39 is 15.8 Å². The summed E-state index contributed by atoms with van der Waals surface area (Å²) >= 11 is 0. The standard InChI is InChI=1S/C28H28P2/c1-2-24(30(27-19-11-5-12-20-27)28-21-13-6-14-22-28)23-29(25-15-7-3-8-16-25)26-17-9-4-10-18-26/h3-22,24H,2,23H2,1H3/t24-/m1/s1. The monoisotopic (exact) mass is 426 g/mol. The van der Waals surface area contributed by atoms with E-state index in [1.54, 1.807) is 0 Å². The van der Waals surface area contributed by atoms with Gasteiger partial charge >= 0.3 is 0 Å². The zero-order valence-corrected chi connectivity index (χ0v) is 19.2. The van der Waals surface area contributed by atoms with Gasteiger partial charge in [0.05, 0.1) is 0 Å². The van der Waals surface area contributed by atoms with Gasteiger partial charge in [-0.25, -0.2) is 0 Å². The van der Waals surface area contributed by atoms with Crippen molar-refractivity contribution in [2.45, 2.75) is 19.0 Å². The molecule has 4 aromatic carbocycles. The molecule has 0 spiro atoms. The molecule has 0 saturated carbocycles. The minimum absolute atomic E-state index is 0.393. The highest BCUT2D eigenvalue weighted by atomic mass is 31.1. The fourth-order valence-electron chi connectivity index (χ4n) is 3.93. The zero-order valence-electron chi connectivity index (χ0n) is 17.4. The highest BCUT2D eigenvalue weighted by Gasteiger charge is 2.27. The SMILES string of the molecule is CC[C@H](CP(c1ccccc1)c1ccccc1)P(c1ccccc1)c1ccccc1. The Balaban J connectivity index is 1.74. The van der Waals surface area contributed by atoms with Crippen molar-refractivity contribution in [1.82, 2.24) is 0 Å². The second-order valence-electron chi connectivity index (χ2n) is 7.38. The molecule has 0 aliphatic carbocycles. The van der Waals surface area contributed by atoms with Crippen LogP contribution in [0.1, 0.15) is 13.3 Å². The Labute approximate surface area is 183 Å². The van der Waals surface area contributed by atoms with E-state index in [9.17, 15) is 0 Å². The summed E-state index contributed by atoms with van der Waals surface area (Å²) in [6, 6.07) is 44.6. The first-order valence-corrected chi connectivity index (χ1v) is 13.6. The summed E-state index contributed by atoms with van der Waals surface area (Å²) in [4.78, 5) is 0. The van der Waals surface area contributed by atoms with Gasteiger partial charge in [-0.15, -0.1) is 0 Å². The average molecular weight is 426 g/mol. The molecular weight excluding hydrogens is 398 g/mol. The predicted octanol–water partition coefficient (Wildman–Crippen LogP) is 6.03. The van der Waals surface area contributed by atoms with Crippen molar-refractivity contribution in [3.8, 4) is 0 Å². The Morgan fingerprint density at radius 3 is 1.17 bits per heavy atom. The van der Waals surface area contributed by atoms with E-state index in [1.165, 1.54) is 33.8 Å². The van der Waals surface area contributed by atoms with Crippen molar-refractivity contribution in [3.05, 3.63) is 121 Å². The van der Waals surface area contributed by atoms with Crippen LogP contribution in [0, 0.1) is 0 Å². The van der Waals surface area contributed by atoms with Crippen LogP contribution in [0.25, 0.3) is 0 Å². The molecule has 1 atom stereocenters. The van der Waals surface area contributed by atoms with Gasteiger partial charge in [0, 0.05) is 0 Å². The molecule has 0 radical (unpaired) electrons. The van der Waals surface area contributed by atoms with Gasteiger partial charge in [-0.2, -0.15) is 0 Å². The molecule has 0 aliphatic heterocycles. The third kappa shape index (κ3) is 5.07. The molecule has 2 heteroatoms. The van der Waals surface area contributed by atoms with Crippen LogP contribution in [0.4, 0.5) is 0 Å². The third-order valence-electron chi connectivity index (χ3n) is 5.43. The van der Waals surface area contributed by atoms with Crippen molar-refractivity contribution in [2.24, 2.45) is 0 Å². The lowest BCUT2D eigenvalue weighted by Crippen LogP contribution is -2.27. The van der Waals surface area contributed by atoms with Crippen LogP contribution in [-0.4, -0.2) is 11.8 Å². The topological polar surface area (TPSA) is 0 Å². The van der Waals surface area contributed by atoms with Gasteiger partial charge in [0.15, 0.2) is 0 Å². The molecule has 0 fully saturated rings. The van der Waals surface area contributed by atoms with E-state index in [2.05, 4.69) is 128 Å². The van der Waals surface area contributed by atoms with Gasteiger partial charge in [-0.1, -0.05) is 128 Å². The molecular formula is C28H28P2. The number of rotatable bonds is 8. The quantitative estimate of drug-likeness (QED) is 0.302. The summed E-state index contributed by atoms with van der Waals surface area (Å²) in [5, 5.41) is 5.93. The molecule has 0 heterocycles. The summed E-state index contributed by atoms with van der Waals surface area (Å²) in [5.41, 5.74) is 0.635. The second kappa shape index (κ2) is 10.7. The number of hydrogen-bond acceptors (Lipinski definition) is 0. The van der Waals surface area contributed by atoms with Gasteiger partial charge in [-0.3, -0.25) is 0 Å². The smallest absolute Gasteiger partial charge is 0.00861 e. The second-order valence-corrected chi connectivity index (χ2v) is 12.1. The van der Waals surface area contributed by atoms with Gasteiger partial charge in [0.2, 0.25) is 0 Å². The lowest BCUT2D eigenvalue weighted by Gasteiger charge is -2.31. The summed E-state index contributed by atoms with van der Waals surface area (Å²) in [6.07, 6.45) is 2.41. The van der Waals surface area contributed by atoms with E-state index in [1.807, 2.05) is 0 Å². The summed E-state index contributed by atoms with van der Waals surface area (Å²) in [7, 11) is -0.804. The largest absolute Gasteiger partial charge is 0.0647 e. The van der Waals surface area contributed by atoms with Crippen molar-refractivity contribution < 1.29 is 0 Å². The Morgan fingerprint density at radius 2 is 0.833 bits per heavy atom. The number of hydrogen-bond donors (Lipinski definition) is 0. The molecule has 150 valence electrons. The predicted molar refractivity (Wildman–Crippen MR) is 137 cm³/mol. The molecule has 0 N–H and O–H groups in total. The lowest BCUT2D eigenvalue weighted by atomic mass is 10.3. The molecule has 0 bridgehead atoms. The summed E-state index contributed by atoms with van der Waals surface area (Å²) < 4.78 is 0. The van der Waals surface area contributed by atoms with Crippen LogP contribution < -0.4 is 21.2 Å². The maximum Gasteiger partial charge on any atom is -0.00861 e. The molecule has 4 aromatic rings. The van der Waals surface area contributed by atoms with Crippen LogP contribution in [-0.2, 0) is 0 Å². The van der Waals surface area contributed by atoms with Crippen LogP contribution in [0.2, 0.25) is 0 Å². The lowest BCUT2D eigenvalue weighted by molar-refractivity contribution is 0.906. The van der Waals surface area contributed by atoms with E-state index in [4.69, 9.17) is 0 Å². The van der Waals surface area contributed by atoms with Gasteiger partial charge < -0.3 is 0 Å². The Hall–Kier alpha value is -2.26. The Bertz CT molecular complexity index is 922. The minimum atomic E-state index is -0.411.